The second-order valence-electron chi connectivity index (χ2n) is 9.05. The summed E-state index contributed by atoms with van der Waals surface area (Å²) < 4.78 is 5.48. The minimum atomic E-state index is -1.13. The zero-order valence-electron chi connectivity index (χ0n) is 18.8. The molecule has 7 heteroatoms. The van der Waals surface area contributed by atoms with E-state index in [1.54, 1.807) is 45.0 Å². The first-order chi connectivity index (χ1) is 14.6. The van der Waals surface area contributed by atoms with Crippen molar-refractivity contribution in [2.75, 3.05) is 6.54 Å². The summed E-state index contributed by atoms with van der Waals surface area (Å²) in [5.41, 5.74) is -0.287. The fourth-order valence-corrected chi connectivity index (χ4v) is 3.81. The summed E-state index contributed by atoms with van der Waals surface area (Å²) in [6.45, 7) is 6.88. The minimum absolute atomic E-state index is 0.266. The standard InChI is InChI=1S/C24H33NO6/c1-5-6-7-8-9-14-18(22(28)29)19(23(30)31-24(2,3)4)15-25-20(26)16-12-10-11-13-17(16)21(25)27/h10-13,18-19H,5-9,14-15H2,1-4H3,(H,28,29)/t18-,19?/m1/s1. The average Bonchev–Trinajstić information content (AvgIpc) is 2.92. The van der Waals surface area contributed by atoms with Gasteiger partial charge in [-0.3, -0.25) is 24.1 Å². The zero-order valence-corrected chi connectivity index (χ0v) is 18.8. The van der Waals surface area contributed by atoms with Crippen molar-refractivity contribution in [2.24, 2.45) is 11.8 Å². The fraction of sp³-hybridized carbons (Fsp3) is 0.583. The molecule has 170 valence electrons. The molecule has 1 unspecified atom stereocenters. The highest BCUT2D eigenvalue weighted by atomic mass is 16.6. The van der Waals surface area contributed by atoms with Crippen molar-refractivity contribution >= 4 is 23.8 Å². The number of nitrogens with zero attached hydrogens (tertiary/aromatic N) is 1. The number of ether oxygens (including phenoxy) is 1. The van der Waals surface area contributed by atoms with Gasteiger partial charge in [-0.05, 0) is 39.3 Å². The summed E-state index contributed by atoms with van der Waals surface area (Å²) in [5.74, 6) is -5.03. The Balaban J connectivity index is 2.25. The van der Waals surface area contributed by atoms with Gasteiger partial charge in [-0.25, -0.2) is 0 Å². The normalized spacial score (nSPS) is 15.5. The summed E-state index contributed by atoms with van der Waals surface area (Å²) in [6.07, 6.45) is 4.94. The van der Waals surface area contributed by atoms with Gasteiger partial charge < -0.3 is 9.84 Å². The topological polar surface area (TPSA) is 101 Å². The molecular weight excluding hydrogens is 398 g/mol. The number of carboxylic acids is 1. The van der Waals surface area contributed by atoms with Crippen LogP contribution in [-0.2, 0) is 14.3 Å². The number of hydrogen-bond donors (Lipinski definition) is 1. The van der Waals surface area contributed by atoms with Gasteiger partial charge in [0.1, 0.15) is 5.60 Å². The summed E-state index contributed by atoms with van der Waals surface area (Å²) >= 11 is 0. The summed E-state index contributed by atoms with van der Waals surface area (Å²) in [7, 11) is 0. The van der Waals surface area contributed by atoms with Crippen LogP contribution in [0.25, 0.3) is 0 Å². The Bertz CT molecular complexity index is 791. The second kappa shape index (κ2) is 10.6. The van der Waals surface area contributed by atoms with Gasteiger partial charge in [0.25, 0.3) is 11.8 Å². The van der Waals surface area contributed by atoms with Crippen molar-refractivity contribution in [1.29, 1.82) is 0 Å². The van der Waals surface area contributed by atoms with Crippen LogP contribution in [-0.4, -0.2) is 45.9 Å². The Kier molecular flexibility index (Phi) is 8.36. The van der Waals surface area contributed by atoms with E-state index in [1.165, 1.54) is 0 Å². The van der Waals surface area contributed by atoms with Crippen LogP contribution in [0.5, 0.6) is 0 Å². The largest absolute Gasteiger partial charge is 0.481 e. The Morgan fingerprint density at radius 2 is 1.52 bits per heavy atom. The Morgan fingerprint density at radius 3 is 2.00 bits per heavy atom. The number of rotatable bonds is 11. The molecule has 2 atom stereocenters. The maximum Gasteiger partial charge on any atom is 0.312 e. The van der Waals surface area contributed by atoms with Crippen LogP contribution in [0.4, 0.5) is 0 Å². The quantitative estimate of drug-likeness (QED) is 0.318. The van der Waals surface area contributed by atoms with Crippen LogP contribution in [0.3, 0.4) is 0 Å². The molecular formula is C24H33NO6. The van der Waals surface area contributed by atoms with Gasteiger partial charge >= 0.3 is 11.9 Å². The zero-order chi connectivity index (χ0) is 23.2. The number of aliphatic carboxylic acids is 1. The number of hydrogen-bond acceptors (Lipinski definition) is 5. The van der Waals surface area contributed by atoms with Crippen molar-refractivity contribution in [2.45, 2.75) is 71.8 Å². The summed E-state index contributed by atoms with van der Waals surface area (Å²) in [6, 6.07) is 6.44. The lowest BCUT2D eigenvalue weighted by atomic mass is 9.86. The third-order valence-electron chi connectivity index (χ3n) is 5.39. The first-order valence-electron chi connectivity index (χ1n) is 11.0. The number of benzene rings is 1. The van der Waals surface area contributed by atoms with Crippen molar-refractivity contribution in [3.05, 3.63) is 35.4 Å². The Labute approximate surface area is 183 Å². The summed E-state index contributed by atoms with van der Waals surface area (Å²) in [4.78, 5) is 51.6. The number of carboxylic acid groups (broad SMARTS) is 1. The molecule has 0 aliphatic carbocycles. The van der Waals surface area contributed by atoms with E-state index >= 15 is 0 Å². The van der Waals surface area contributed by atoms with Crippen LogP contribution in [0.2, 0.25) is 0 Å². The predicted molar refractivity (Wildman–Crippen MR) is 116 cm³/mol. The number of amides is 2. The van der Waals surface area contributed by atoms with E-state index < -0.39 is 41.2 Å². The molecule has 2 rings (SSSR count). The van der Waals surface area contributed by atoms with E-state index in [0.717, 1.165) is 30.6 Å². The Hall–Kier alpha value is -2.70. The molecule has 1 aromatic rings. The molecule has 1 aromatic carbocycles. The number of unbranched alkanes of at least 4 members (excludes halogenated alkanes) is 4. The van der Waals surface area contributed by atoms with Gasteiger partial charge in [-0.15, -0.1) is 0 Å². The van der Waals surface area contributed by atoms with Gasteiger partial charge in [0, 0.05) is 6.54 Å². The highest BCUT2D eigenvalue weighted by Gasteiger charge is 2.43. The summed E-state index contributed by atoms with van der Waals surface area (Å²) in [5, 5.41) is 9.88. The monoisotopic (exact) mass is 431 g/mol. The number of fused-ring (bicyclic) bond motifs is 1. The molecule has 7 nitrogen and oxygen atoms in total. The molecule has 0 spiro atoms. The van der Waals surface area contributed by atoms with E-state index in [0.29, 0.717) is 6.42 Å². The maximum absolute atomic E-state index is 13.0. The van der Waals surface area contributed by atoms with Crippen molar-refractivity contribution in [3.63, 3.8) is 0 Å². The molecule has 0 aromatic heterocycles. The van der Waals surface area contributed by atoms with Crippen LogP contribution in [0.15, 0.2) is 24.3 Å². The molecule has 0 saturated heterocycles. The molecule has 31 heavy (non-hydrogen) atoms. The van der Waals surface area contributed by atoms with Crippen LogP contribution in [0.1, 0.15) is 86.9 Å². The molecule has 0 bridgehead atoms. The lowest BCUT2D eigenvalue weighted by Gasteiger charge is -2.29. The van der Waals surface area contributed by atoms with Gasteiger partial charge in [-0.1, -0.05) is 51.2 Å². The number of imide groups is 1. The smallest absolute Gasteiger partial charge is 0.312 e. The third-order valence-corrected chi connectivity index (χ3v) is 5.39. The molecule has 1 heterocycles. The van der Waals surface area contributed by atoms with Gasteiger partial charge in [0.15, 0.2) is 0 Å². The van der Waals surface area contributed by atoms with E-state index in [4.69, 9.17) is 4.74 Å². The molecule has 0 fully saturated rings. The highest BCUT2D eigenvalue weighted by molar-refractivity contribution is 6.21. The first-order valence-corrected chi connectivity index (χ1v) is 11.0. The average molecular weight is 432 g/mol. The van der Waals surface area contributed by atoms with Crippen molar-refractivity contribution in [1.82, 2.24) is 4.90 Å². The van der Waals surface area contributed by atoms with Crippen molar-refractivity contribution in [3.8, 4) is 0 Å². The molecule has 0 saturated carbocycles. The van der Waals surface area contributed by atoms with E-state index in [9.17, 15) is 24.3 Å². The fourth-order valence-electron chi connectivity index (χ4n) is 3.81. The van der Waals surface area contributed by atoms with E-state index in [-0.39, 0.29) is 24.1 Å². The van der Waals surface area contributed by atoms with Gasteiger partial charge in [-0.2, -0.15) is 0 Å². The number of carbonyl (C=O) groups excluding carboxylic acids is 3. The maximum atomic E-state index is 13.0. The lowest BCUT2D eigenvalue weighted by molar-refractivity contribution is -0.167. The second-order valence-corrected chi connectivity index (χ2v) is 9.05. The van der Waals surface area contributed by atoms with E-state index in [2.05, 4.69) is 6.92 Å². The van der Waals surface area contributed by atoms with Gasteiger partial charge in [0.2, 0.25) is 0 Å². The number of carbonyl (C=O) groups is 4. The minimum Gasteiger partial charge on any atom is -0.481 e. The highest BCUT2D eigenvalue weighted by Crippen LogP contribution is 2.29. The third kappa shape index (κ3) is 6.39. The predicted octanol–water partition coefficient (Wildman–Crippen LogP) is 4.30. The first kappa shape index (κ1) is 24.6. The van der Waals surface area contributed by atoms with E-state index in [1.807, 2.05) is 0 Å². The molecule has 1 aliphatic rings. The van der Waals surface area contributed by atoms with Crippen LogP contribution in [0, 0.1) is 11.8 Å². The lowest BCUT2D eigenvalue weighted by Crippen LogP contribution is -2.44. The molecule has 1 N–H and O–H groups in total. The molecule has 1 aliphatic heterocycles. The number of esters is 1. The molecule has 2 amide bonds. The van der Waals surface area contributed by atoms with Crippen LogP contribution < -0.4 is 0 Å². The molecule has 0 radical (unpaired) electrons. The SMILES string of the molecule is CCCCCCC[C@@H](C(=O)O)C(CN1C(=O)c2ccccc2C1=O)C(=O)OC(C)(C)C. The van der Waals surface area contributed by atoms with Crippen molar-refractivity contribution < 1.29 is 29.0 Å². The Morgan fingerprint density at radius 1 is 0.968 bits per heavy atom. The van der Waals surface area contributed by atoms with Gasteiger partial charge in [0.05, 0.1) is 23.0 Å². The van der Waals surface area contributed by atoms with Crippen LogP contribution >= 0.6 is 0 Å².